The van der Waals surface area contributed by atoms with Crippen molar-refractivity contribution in [2.45, 2.75) is 12.1 Å². The number of hydrogen-bond donors (Lipinski definition) is 5. The second-order valence-electron chi connectivity index (χ2n) is 2.47. The van der Waals surface area contributed by atoms with Gasteiger partial charge in [-0.25, -0.2) is 0 Å². The third-order valence-corrected chi connectivity index (χ3v) is 1.41. The average molecular weight is 163 g/mol. The quantitative estimate of drug-likeness (QED) is 0.291. The molecule has 0 radical (unpaired) electrons. The highest BCUT2D eigenvalue weighted by atomic mass is 16.3. The molecule has 0 saturated heterocycles. The Bertz CT molecular complexity index is 87.9. The summed E-state index contributed by atoms with van der Waals surface area (Å²) >= 11 is 0. The van der Waals surface area contributed by atoms with Crippen LogP contribution in [0.5, 0.6) is 0 Å². The standard InChI is InChI=1S/C6H17N3O2/c7-1-6(4-11)9-2-5(8)3-10/h5-6,9-11H,1-4,7-8H2. The zero-order valence-electron chi connectivity index (χ0n) is 6.53. The SMILES string of the molecule is NCC(CO)NCC(N)CO. The van der Waals surface area contributed by atoms with Crippen molar-refractivity contribution in [3.8, 4) is 0 Å². The lowest BCUT2D eigenvalue weighted by atomic mass is 10.2. The van der Waals surface area contributed by atoms with E-state index in [0.717, 1.165) is 0 Å². The first kappa shape index (κ1) is 10.8. The number of rotatable bonds is 6. The summed E-state index contributed by atoms with van der Waals surface area (Å²) in [4.78, 5) is 0. The van der Waals surface area contributed by atoms with Crippen LogP contribution in [0.1, 0.15) is 0 Å². The molecule has 0 bridgehead atoms. The van der Waals surface area contributed by atoms with Crippen molar-refractivity contribution in [1.82, 2.24) is 5.32 Å². The van der Waals surface area contributed by atoms with Crippen molar-refractivity contribution in [1.29, 1.82) is 0 Å². The fraction of sp³-hybridized carbons (Fsp3) is 1.00. The molecule has 0 saturated carbocycles. The molecule has 0 fully saturated rings. The molecule has 0 aromatic heterocycles. The first-order valence-electron chi connectivity index (χ1n) is 3.65. The van der Waals surface area contributed by atoms with Crippen LogP contribution in [0.2, 0.25) is 0 Å². The maximum Gasteiger partial charge on any atom is 0.0597 e. The Balaban J connectivity index is 3.34. The van der Waals surface area contributed by atoms with Crippen LogP contribution in [0.3, 0.4) is 0 Å². The number of nitrogens with one attached hydrogen (secondary N) is 1. The molecule has 11 heavy (non-hydrogen) atoms. The minimum atomic E-state index is -0.282. The highest BCUT2D eigenvalue weighted by molar-refractivity contribution is 4.70. The van der Waals surface area contributed by atoms with E-state index in [4.69, 9.17) is 21.7 Å². The number of hydrogen-bond acceptors (Lipinski definition) is 5. The van der Waals surface area contributed by atoms with E-state index >= 15 is 0 Å². The van der Waals surface area contributed by atoms with Crippen molar-refractivity contribution < 1.29 is 10.2 Å². The van der Waals surface area contributed by atoms with E-state index in [9.17, 15) is 0 Å². The molecule has 0 heterocycles. The molecule has 2 unspecified atom stereocenters. The van der Waals surface area contributed by atoms with E-state index in [-0.39, 0.29) is 25.3 Å². The maximum absolute atomic E-state index is 8.67. The van der Waals surface area contributed by atoms with Crippen LogP contribution in [0, 0.1) is 0 Å². The summed E-state index contributed by atoms with van der Waals surface area (Å²) in [7, 11) is 0. The van der Waals surface area contributed by atoms with Gasteiger partial charge in [0.15, 0.2) is 0 Å². The van der Waals surface area contributed by atoms with E-state index in [2.05, 4.69) is 5.32 Å². The third kappa shape index (κ3) is 5.11. The van der Waals surface area contributed by atoms with Crippen molar-refractivity contribution in [2.24, 2.45) is 11.5 Å². The average Bonchev–Trinajstić information content (AvgIpc) is 2.06. The molecule has 0 aromatic rings. The van der Waals surface area contributed by atoms with Gasteiger partial charge in [-0.3, -0.25) is 0 Å². The molecule has 7 N–H and O–H groups in total. The maximum atomic E-state index is 8.67. The predicted molar refractivity (Wildman–Crippen MR) is 43.0 cm³/mol. The van der Waals surface area contributed by atoms with E-state index in [1.807, 2.05) is 0 Å². The van der Waals surface area contributed by atoms with Gasteiger partial charge in [0.05, 0.1) is 13.2 Å². The van der Waals surface area contributed by atoms with Gasteiger partial charge in [-0.15, -0.1) is 0 Å². The fourth-order valence-electron chi connectivity index (χ4n) is 0.605. The lowest BCUT2D eigenvalue weighted by molar-refractivity contribution is 0.227. The number of nitrogens with two attached hydrogens (primary N) is 2. The van der Waals surface area contributed by atoms with Crippen LogP contribution in [0.25, 0.3) is 0 Å². The second-order valence-corrected chi connectivity index (χ2v) is 2.47. The smallest absolute Gasteiger partial charge is 0.0597 e. The van der Waals surface area contributed by atoms with E-state index in [0.29, 0.717) is 13.1 Å². The highest BCUT2D eigenvalue weighted by Crippen LogP contribution is 1.79. The molecule has 0 rings (SSSR count). The molecule has 2 atom stereocenters. The molecule has 0 spiro atoms. The van der Waals surface area contributed by atoms with Crippen LogP contribution in [0.4, 0.5) is 0 Å². The van der Waals surface area contributed by atoms with Crippen molar-refractivity contribution >= 4 is 0 Å². The predicted octanol–water partition coefficient (Wildman–Crippen LogP) is -2.78. The molecule has 5 heteroatoms. The Kier molecular flexibility index (Phi) is 6.39. The Hall–Kier alpha value is -0.200. The Labute approximate surface area is 66.4 Å². The molecular weight excluding hydrogens is 146 g/mol. The summed E-state index contributed by atoms with van der Waals surface area (Å²) in [5, 5.41) is 20.1. The molecule has 0 aliphatic carbocycles. The molecule has 5 nitrogen and oxygen atoms in total. The molecule has 0 aromatic carbocycles. The second kappa shape index (κ2) is 6.51. The number of aliphatic hydroxyl groups excluding tert-OH is 2. The van der Waals surface area contributed by atoms with Crippen LogP contribution >= 0.6 is 0 Å². The summed E-state index contributed by atoms with van der Waals surface area (Å²) in [6.45, 7) is 0.776. The highest BCUT2D eigenvalue weighted by Gasteiger charge is 2.05. The van der Waals surface area contributed by atoms with Gasteiger partial charge >= 0.3 is 0 Å². The zero-order chi connectivity index (χ0) is 8.69. The Morgan fingerprint density at radius 3 is 2.27 bits per heavy atom. The summed E-state index contributed by atoms with van der Waals surface area (Å²) in [6.07, 6.45) is 0. The molecule has 68 valence electrons. The van der Waals surface area contributed by atoms with Gasteiger partial charge in [0.1, 0.15) is 0 Å². The van der Waals surface area contributed by atoms with E-state index in [1.165, 1.54) is 0 Å². The molecule has 0 aliphatic heterocycles. The van der Waals surface area contributed by atoms with Crippen LogP contribution in [-0.2, 0) is 0 Å². The van der Waals surface area contributed by atoms with Crippen LogP contribution < -0.4 is 16.8 Å². The molecule has 0 amide bonds. The normalized spacial score (nSPS) is 16.4. The van der Waals surface area contributed by atoms with Gasteiger partial charge in [-0.1, -0.05) is 0 Å². The van der Waals surface area contributed by atoms with Gasteiger partial charge in [0.2, 0.25) is 0 Å². The lowest BCUT2D eigenvalue weighted by Crippen LogP contribution is -2.46. The number of aliphatic hydroxyl groups is 2. The monoisotopic (exact) mass is 163 g/mol. The van der Waals surface area contributed by atoms with Gasteiger partial charge in [-0.05, 0) is 0 Å². The summed E-state index contributed by atoms with van der Waals surface area (Å²) in [5.41, 5.74) is 10.7. The minimum absolute atomic E-state index is 0.00531. The lowest BCUT2D eigenvalue weighted by Gasteiger charge is -2.16. The van der Waals surface area contributed by atoms with Gasteiger partial charge in [-0.2, -0.15) is 0 Å². The topological polar surface area (TPSA) is 105 Å². The minimum Gasteiger partial charge on any atom is -0.395 e. The third-order valence-electron chi connectivity index (χ3n) is 1.41. The first-order valence-corrected chi connectivity index (χ1v) is 3.65. The largest absolute Gasteiger partial charge is 0.395 e. The van der Waals surface area contributed by atoms with Gasteiger partial charge < -0.3 is 27.0 Å². The van der Waals surface area contributed by atoms with Gasteiger partial charge in [0, 0.05) is 25.2 Å². The van der Waals surface area contributed by atoms with E-state index in [1.54, 1.807) is 0 Å². The van der Waals surface area contributed by atoms with Crippen molar-refractivity contribution in [3.63, 3.8) is 0 Å². The Morgan fingerprint density at radius 1 is 1.27 bits per heavy atom. The molecule has 0 aliphatic rings. The summed E-state index contributed by atoms with van der Waals surface area (Å²) in [6, 6.07) is -0.400. The summed E-state index contributed by atoms with van der Waals surface area (Å²) in [5.74, 6) is 0. The Morgan fingerprint density at radius 2 is 1.91 bits per heavy atom. The van der Waals surface area contributed by atoms with Gasteiger partial charge in [0.25, 0.3) is 0 Å². The van der Waals surface area contributed by atoms with Crippen molar-refractivity contribution in [3.05, 3.63) is 0 Å². The summed E-state index contributed by atoms with van der Waals surface area (Å²) < 4.78 is 0. The van der Waals surface area contributed by atoms with E-state index < -0.39 is 0 Å². The van der Waals surface area contributed by atoms with Crippen LogP contribution in [0.15, 0.2) is 0 Å². The van der Waals surface area contributed by atoms with Crippen LogP contribution in [-0.4, -0.2) is 48.6 Å². The first-order chi connectivity index (χ1) is 5.24. The van der Waals surface area contributed by atoms with Crippen molar-refractivity contribution in [2.75, 3.05) is 26.3 Å². The fourth-order valence-corrected chi connectivity index (χ4v) is 0.605. The zero-order valence-corrected chi connectivity index (χ0v) is 6.53. The molecular formula is C6H17N3O2.